The van der Waals surface area contributed by atoms with Crippen LogP contribution in [0.15, 0.2) is 76.6 Å². The lowest BCUT2D eigenvalue weighted by Crippen LogP contribution is -2.35. The molecule has 0 fully saturated rings. The van der Waals surface area contributed by atoms with Crippen molar-refractivity contribution in [1.29, 1.82) is 0 Å². The van der Waals surface area contributed by atoms with Crippen molar-refractivity contribution in [3.63, 3.8) is 0 Å². The molecule has 3 aromatic carbocycles. The number of amides is 1. The molecule has 186 valence electrons. The highest BCUT2D eigenvalue weighted by molar-refractivity contribution is 7.89. The number of terminal acetylenes is 1. The summed E-state index contributed by atoms with van der Waals surface area (Å²) in [6.45, 7) is 0.756. The number of carbonyl (C=O) groups excluding carboxylic acids is 1. The fourth-order valence-corrected chi connectivity index (χ4v) is 6.67. The number of aromatic nitrogens is 1. The van der Waals surface area contributed by atoms with Gasteiger partial charge in [0.25, 0.3) is 11.6 Å². The SMILES string of the molecule is C#CCn1c(=NC(=O)c2ccc(S(=O)(=O)N3CCc4ccccc4C3)cc2)sc2ccc([N+](=O)[O-])cc21. The Bertz CT molecular complexity index is 1760. The minimum atomic E-state index is -3.74. The van der Waals surface area contributed by atoms with E-state index >= 15 is 0 Å². The van der Waals surface area contributed by atoms with Gasteiger partial charge < -0.3 is 4.57 Å². The van der Waals surface area contributed by atoms with Crippen molar-refractivity contribution in [2.45, 2.75) is 24.4 Å². The van der Waals surface area contributed by atoms with Crippen LogP contribution in [0.4, 0.5) is 5.69 Å². The predicted octanol–water partition coefficient (Wildman–Crippen LogP) is 3.73. The van der Waals surface area contributed by atoms with Crippen LogP contribution in [0.5, 0.6) is 0 Å². The number of hydrogen-bond donors (Lipinski definition) is 0. The molecule has 1 aliphatic heterocycles. The third-order valence-electron chi connectivity index (χ3n) is 6.16. The average molecular weight is 533 g/mol. The molecule has 0 bridgehead atoms. The summed E-state index contributed by atoms with van der Waals surface area (Å²) in [6.07, 6.45) is 6.12. The van der Waals surface area contributed by atoms with E-state index in [2.05, 4.69) is 10.9 Å². The number of rotatable bonds is 5. The number of non-ortho nitro benzene ring substituents is 1. The van der Waals surface area contributed by atoms with E-state index in [1.807, 2.05) is 24.3 Å². The van der Waals surface area contributed by atoms with Crippen molar-refractivity contribution < 1.29 is 18.1 Å². The van der Waals surface area contributed by atoms with E-state index in [1.54, 1.807) is 10.6 Å². The highest BCUT2D eigenvalue weighted by Gasteiger charge is 2.28. The monoisotopic (exact) mass is 532 g/mol. The van der Waals surface area contributed by atoms with E-state index < -0.39 is 20.9 Å². The van der Waals surface area contributed by atoms with Gasteiger partial charge in [-0.3, -0.25) is 14.9 Å². The van der Waals surface area contributed by atoms with E-state index in [9.17, 15) is 23.3 Å². The quantitative estimate of drug-likeness (QED) is 0.221. The Labute approximate surface area is 216 Å². The third-order valence-corrected chi connectivity index (χ3v) is 9.08. The Morgan fingerprint density at radius 1 is 1.11 bits per heavy atom. The van der Waals surface area contributed by atoms with Crippen molar-refractivity contribution in [3.8, 4) is 12.3 Å². The maximum absolute atomic E-state index is 13.2. The molecule has 0 unspecified atom stereocenters. The zero-order valence-electron chi connectivity index (χ0n) is 19.4. The Morgan fingerprint density at radius 3 is 2.54 bits per heavy atom. The van der Waals surface area contributed by atoms with Gasteiger partial charge in [0.15, 0.2) is 4.80 Å². The first kappa shape index (κ1) is 24.6. The second-order valence-corrected chi connectivity index (χ2v) is 11.3. The fraction of sp³-hybridized carbons (Fsp3) is 0.154. The number of nitrogens with zero attached hydrogens (tertiary/aromatic N) is 4. The summed E-state index contributed by atoms with van der Waals surface area (Å²) in [7, 11) is -3.74. The van der Waals surface area contributed by atoms with Crippen LogP contribution in [0.25, 0.3) is 10.2 Å². The summed E-state index contributed by atoms with van der Waals surface area (Å²) in [4.78, 5) is 28.2. The van der Waals surface area contributed by atoms with Crippen molar-refractivity contribution in [2.75, 3.05) is 6.54 Å². The zero-order valence-corrected chi connectivity index (χ0v) is 21.0. The van der Waals surface area contributed by atoms with E-state index in [-0.39, 0.29) is 22.7 Å². The van der Waals surface area contributed by atoms with Crippen molar-refractivity contribution in [2.24, 2.45) is 4.99 Å². The molecule has 0 N–H and O–H groups in total. The van der Waals surface area contributed by atoms with Crippen LogP contribution in [-0.2, 0) is 29.5 Å². The Kier molecular flexibility index (Phi) is 6.47. The summed E-state index contributed by atoms with van der Waals surface area (Å²) in [5, 5.41) is 11.2. The maximum atomic E-state index is 13.2. The fourth-order valence-electron chi connectivity index (χ4n) is 4.25. The van der Waals surface area contributed by atoms with Gasteiger partial charge >= 0.3 is 0 Å². The van der Waals surface area contributed by atoms with E-state index in [4.69, 9.17) is 6.42 Å². The number of carbonyl (C=O) groups is 1. The standard InChI is InChI=1S/C26H20N4O5S2/c1-2-14-29-23-16-21(30(32)33)9-12-24(23)36-26(29)27-25(31)19-7-10-22(11-8-19)37(34,35)28-15-13-18-5-3-4-6-20(18)17-28/h1,3-12,16H,13-15,17H2. The highest BCUT2D eigenvalue weighted by atomic mass is 32.2. The Morgan fingerprint density at radius 2 is 1.84 bits per heavy atom. The smallest absolute Gasteiger partial charge is 0.279 e. The van der Waals surface area contributed by atoms with Gasteiger partial charge in [-0.1, -0.05) is 41.5 Å². The second kappa shape index (κ2) is 9.74. The van der Waals surface area contributed by atoms with Crippen LogP contribution in [0.2, 0.25) is 0 Å². The molecular formula is C26H20N4O5S2. The van der Waals surface area contributed by atoms with E-state index in [0.717, 1.165) is 11.1 Å². The molecule has 4 aromatic rings. The molecule has 5 rings (SSSR count). The van der Waals surface area contributed by atoms with Gasteiger partial charge in [0, 0.05) is 30.8 Å². The van der Waals surface area contributed by atoms with Gasteiger partial charge in [-0.25, -0.2) is 8.42 Å². The number of fused-ring (bicyclic) bond motifs is 2. The molecule has 2 heterocycles. The second-order valence-electron chi connectivity index (χ2n) is 8.38. The number of thiazole rings is 1. The molecular weight excluding hydrogens is 512 g/mol. The minimum Gasteiger partial charge on any atom is -0.304 e. The molecule has 0 saturated carbocycles. The minimum absolute atomic E-state index is 0.0728. The van der Waals surface area contributed by atoms with Crippen LogP contribution in [0, 0.1) is 22.5 Å². The molecule has 0 spiro atoms. The molecule has 0 saturated heterocycles. The Hall–Kier alpha value is -4.11. The lowest BCUT2D eigenvalue weighted by Gasteiger charge is -2.28. The van der Waals surface area contributed by atoms with E-state index in [1.165, 1.54) is 52.0 Å². The number of sulfonamides is 1. The first-order chi connectivity index (χ1) is 17.8. The molecule has 9 nitrogen and oxygen atoms in total. The molecule has 11 heteroatoms. The van der Waals surface area contributed by atoms with Gasteiger partial charge in [-0.15, -0.1) is 6.42 Å². The molecule has 37 heavy (non-hydrogen) atoms. The lowest BCUT2D eigenvalue weighted by molar-refractivity contribution is -0.384. The summed E-state index contributed by atoms with van der Waals surface area (Å²) in [5.74, 6) is 1.90. The molecule has 0 atom stereocenters. The van der Waals surface area contributed by atoms with Gasteiger partial charge in [0.2, 0.25) is 10.0 Å². The molecule has 1 aliphatic rings. The van der Waals surface area contributed by atoms with Gasteiger partial charge in [0.1, 0.15) is 0 Å². The normalized spacial score (nSPS) is 14.3. The van der Waals surface area contributed by atoms with Crippen LogP contribution in [0.3, 0.4) is 0 Å². The molecule has 0 radical (unpaired) electrons. The number of nitro groups is 1. The van der Waals surface area contributed by atoms with E-state index in [0.29, 0.717) is 34.5 Å². The first-order valence-electron chi connectivity index (χ1n) is 11.3. The van der Waals surface area contributed by atoms with Crippen LogP contribution in [0.1, 0.15) is 21.5 Å². The molecule has 0 aliphatic carbocycles. The Balaban J connectivity index is 1.43. The average Bonchev–Trinajstić information content (AvgIpc) is 3.24. The van der Waals surface area contributed by atoms with Gasteiger partial charge in [-0.05, 0) is 47.9 Å². The van der Waals surface area contributed by atoms with Crippen LogP contribution < -0.4 is 4.80 Å². The zero-order chi connectivity index (χ0) is 26.2. The van der Waals surface area contributed by atoms with Crippen molar-refractivity contribution >= 4 is 43.2 Å². The van der Waals surface area contributed by atoms with Crippen LogP contribution in [-0.4, -0.2) is 34.7 Å². The number of benzene rings is 3. The van der Waals surface area contributed by atoms with Crippen molar-refractivity contribution in [3.05, 3.63) is 98.3 Å². The predicted molar refractivity (Wildman–Crippen MR) is 139 cm³/mol. The summed E-state index contributed by atoms with van der Waals surface area (Å²) in [6, 6.07) is 17.8. The summed E-state index contributed by atoms with van der Waals surface area (Å²) in [5.41, 5.74) is 2.75. The summed E-state index contributed by atoms with van der Waals surface area (Å²) < 4.78 is 30.1. The number of hydrogen-bond acceptors (Lipinski definition) is 6. The topological polar surface area (TPSA) is 115 Å². The van der Waals surface area contributed by atoms with Gasteiger partial charge in [-0.2, -0.15) is 9.30 Å². The van der Waals surface area contributed by atoms with Gasteiger partial charge in [0.05, 0.1) is 26.6 Å². The number of nitro benzene ring substituents is 1. The lowest BCUT2D eigenvalue weighted by atomic mass is 10.0. The molecule has 1 amide bonds. The van der Waals surface area contributed by atoms with Crippen molar-refractivity contribution in [1.82, 2.24) is 8.87 Å². The first-order valence-corrected chi connectivity index (χ1v) is 13.5. The summed E-state index contributed by atoms with van der Waals surface area (Å²) >= 11 is 1.18. The highest BCUT2D eigenvalue weighted by Crippen LogP contribution is 2.26. The van der Waals surface area contributed by atoms with Crippen LogP contribution >= 0.6 is 11.3 Å². The largest absolute Gasteiger partial charge is 0.304 e. The maximum Gasteiger partial charge on any atom is 0.279 e. The molecule has 1 aromatic heterocycles. The third kappa shape index (κ3) is 4.70.